The van der Waals surface area contributed by atoms with Crippen LogP contribution in [0, 0.1) is 5.92 Å². The highest BCUT2D eigenvalue weighted by atomic mass is 16.5. The molecule has 0 radical (unpaired) electrons. The lowest BCUT2D eigenvalue weighted by atomic mass is 10.0. The first-order valence-corrected chi connectivity index (χ1v) is 5.37. The summed E-state index contributed by atoms with van der Waals surface area (Å²) in [6.07, 6.45) is 2.35. The molecular formula is C12H17NO3. The zero-order chi connectivity index (χ0) is 11.7. The number of hydrogen-bond donors (Lipinski definition) is 2. The fourth-order valence-electron chi connectivity index (χ4n) is 1.83. The SMILES string of the molecule is COc1cc([C@@H](N)C2CC2)cc(OC)c1O. The Bertz CT molecular complexity index is 363. The van der Waals surface area contributed by atoms with E-state index in [1.165, 1.54) is 27.1 Å². The monoisotopic (exact) mass is 223 g/mol. The van der Waals surface area contributed by atoms with E-state index in [9.17, 15) is 5.11 Å². The van der Waals surface area contributed by atoms with Crippen LogP contribution in [0.1, 0.15) is 24.4 Å². The molecule has 0 heterocycles. The topological polar surface area (TPSA) is 64.7 Å². The van der Waals surface area contributed by atoms with Gasteiger partial charge in [-0.15, -0.1) is 0 Å². The molecule has 3 N–H and O–H groups in total. The number of benzene rings is 1. The van der Waals surface area contributed by atoms with E-state index in [0.717, 1.165) is 5.56 Å². The summed E-state index contributed by atoms with van der Waals surface area (Å²) < 4.78 is 10.2. The molecule has 1 aliphatic rings. The van der Waals surface area contributed by atoms with Crippen LogP contribution >= 0.6 is 0 Å². The molecule has 2 rings (SSSR count). The van der Waals surface area contributed by atoms with E-state index in [4.69, 9.17) is 15.2 Å². The van der Waals surface area contributed by atoms with Crippen molar-refractivity contribution in [2.24, 2.45) is 11.7 Å². The summed E-state index contributed by atoms with van der Waals surface area (Å²) in [4.78, 5) is 0. The van der Waals surface area contributed by atoms with Crippen LogP contribution in [0.15, 0.2) is 12.1 Å². The molecule has 1 saturated carbocycles. The Balaban J connectivity index is 2.37. The second-order valence-corrected chi connectivity index (χ2v) is 4.14. The van der Waals surface area contributed by atoms with E-state index in [-0.39, 0.29) is 11.8 Å². The van der Waals surface area contributed by atoms with Gasteiger partial charge in [-0.25, -0.2) is 0 Å². The summed E-state index contributed by atoms with van der Waals surface area (Å²) in [5, 5.41) is 9.76. The Morgan fingerprint density at radius 3 is 2.12 bits per heavy atom. The number of nitrogens with two attached hydrogens (primary N) is 1. The molecule has 0 spiro atoms. The molecule has 0 unspecified atom stereocenters. The van der Waals surface area contributed by atoms with Crippen molar-refractivity contribution < 1.29 is 14.6 Å². The van der Waals surface area contributed by atoms with Crippen molar-refractivity contribution in [1.82, 2.24) is 0 Å². The minimum atomic E-state index is 0.00315. The predicted octanol–water partition coefficient (Wildman–Crippen LogP) is 1.82. The fourth-order valence-corrected chi connectivity index (χ4v) is 1.83. The highest BCUT2D eigenvalue weighted by Gasteiger charge is 2.30. The molecule has 0 bridgehead atoms. The third-order valence-electron chi connectivity index (χ3n) is 3.02. The van der Waals surface area contributed by atoms with Gasteiger partial charge >= 0.3 is 0 Å². The van der Waals surface area contributed by atoms with Gasteiger partial charge in [0.1, 0.15) is 0 Å². The first-order valence-electron chi connectivity index (χ1n) is 5.37. The molecule has 0 aliphatic heterocycles. The normalized spacial score (nSPS) is 16.9. The summed E-state index contributed by atoms with van der Waals surface area (Å²) in [7, 11) is 3.03. The summed E-state index contributed by atoms with van der Waals surface area (Å²) in [5.41, 5.74) is 7.06. The van der Waals surface area contributed by atoms with E-state index in [1.807, 2.05) is 0 Å². The van der Waals surface area contributed by atoms with Crippen molar-refractivity contribution in [3.8, 4) is 17.2 Å². The first-order chi connectivity index (χ1) is 7.67. The number of hydrogen-bond acceptors (Lipinski definition) is 4. The van der Waals surface area contributed by atoms with Crippen LogP contribution < -0.4 is 15.2 Å². The molecular weight excluding hydrogens is 206 g/mol. The quantitative estimate of drug-likeness (QED) is 0.817. The molecule has 4 heteroatoms. The average Bonchev–Trinajstić information content (AvgIpc) is 3.12. The molecule has 1 aliphatic carbocycles. The van der Waals surface area contributed by atoms with Crippen LogP contribution in [0.4, 0.5) is 0 Å². The van der Waals surface area contributed by atoms with E-state index in [1.54, 1.807) is 12.1 Å². The summed E-state index contributed by atoms with van der Waals surface area (Å²) in [5.74, 6) is 1.40. The van der Waals surface area contributed by atoms with Crippen LogP contribution in [0.3, 0.4) is 0 Å². The molecule has 4 nitrogen and oxygen atoms in total. The van der Waals surface area contributed by atoms with Gasteiger partial charge in [-0.05, 0) is 36.5 Å². The average molecular weight is 223 g/mol. The van der Waals surface area contributed by atoms with E-state index in [0.29, 0.717) is 17.4 Å². The first kappa shape index (κ1) is 11.1. The van der Waals surface area contributed by atoms with E-state index >= 15 is 0 Å². The maximum absolute atomic E-state index is 9.76. The number of phenols is 1. The van der Waals surface area contributed by atoms with Crippen molar-refractivity contribution in [2.45, 2.75) is 18.9 Å². The van der Waals surface area contributed by atoms with Gasteiger partial charge in [0.25, 0.3) is 0 Å². The molecule has 1 atom stereocenters. The van der Waals surface area contributed by atoms with Crippen molar-refractivity contribution in [3.05, 3.63) is 17.7 Å². The molecule has 88 valence electrons. The summed E-state index contributed by atoms with van der Waals surface area (Å²) in [6, 6.07) is 3.56. The van der Waals surface area contributed by atoms with Gasteiger partial charge < -0.3 is 20.3 Å². The van der Waals surface area contributed by atoms with Gasteiger partial charge in [0.05, 0.1) is 14.2 Å². The number of phenolic OH excluding ortho intramolecular Hbond substituents is 1. The minimum Gasteiger partial charge on any atom is -0.502 e. The Hall–Kier alpha value is -1.42. The summed E-state index contributed by atoms with van der Waals surface area (Å²) in [6.45, 7) is 0. The number of methoxy groups -OCH3 is 2. The Morgan fingerprint density at radius 2 is 1.75 bits per heavy atom. The lowest BCUT2D eigenvalue weighted by molar-refractivity contribution is 0.338. The molecule has 1 fully saturated rings. The van der Waals surface area contributed by atoms with E-state index in [2.05, 4.69) is 0 Å². The van der Waals surface area contributed by atoms with Gasteiger partial charge in [-0.3, -0.25) is 0 Å². The van der Waals surface area contributed by atoms with Crippen molar-refractivity contribution in [2.75, 3.05) is 14.2 Å². The van der Waals surface area contributed by atoms with Gasteiger partial charge in [0, 0.05) is 6.04 Å². The van der Waals surface area contributed by atoms with Crippen molar-refractivity contribution in [1.29, 1.82) is 0 Å². The highest BCUT2D eigenvalue weighted by Crippen LogP contribution is 2.44. The Labute approximate surface area is 95.0 Å². The van der Waals surface area contributed by atoms with Gasteiger partial charge in [0.2, 0.25) is 5.75 Å². The second-order valence-electron chi connectivity index (χ2n) is 4.14. The third-order valence-corrected chi connectivity index (χ3v) is 3.02. The lowest BCUT2D eigenvalue weighted by Crippen LogP contribution is -2.12. The zero-order valence-corrected chi connectivity index (χ0v) is 9.56. The highest BCUT2D eigenvalue weighted by molar-refractivity contribution is 5.53. The van der Waals surface area contributed by atoms with Crippen molar-refractivity contribution in [3.63, 3.8) is 0 Å². The number of rotatable bonds is 4. The smallest absolute Gasteiger partial charge is 0.200 e. The zero-order valence-electron chi connectivity index (χ0n) is 9.56. The van der Waals surface area contributed by atoms with Gasteiger partial charge in [0.15, 0.2) is 11.5 Å². The molecule has 1 aromatic carbocycles. The second kappa shape index (κ2) is 4.22. The number of ether oxygens (including phenoxy) is 2. The standard InChI is InChI=1S/C12H17NO3/c1-15-9-5-8(11(13)7-3-4-7)6-10(16-2)12(9)14/h5-7,11,14H,3-4,13H2,1-2H3/t11-/m0/s1. The van der Waals surface area contributed by atoms with Crippen LogP contribution in [0.2, 0.25) is 0 Å². The van der Waals surface area contributed by atoms with Gasteiger partial charge in [-0.2, -0.15) is 0 Å². The van der Waals surface area contributed by atoms with Crippen LogP contribution in [0.5, 0.6) is 17.2 Å². The summed E-state index contributed by atoms with van der Waals surface area (Å²) >= 11 is 0. The minimum absolute atomic E-state index is 0.00315. The Kier molecular flexibility index (Phi) is 2.92. The lowest BCUT2D eigenvalue weighted by Gasteiger charge is -2.15. The molecule has 0 aromatic heterocycles. The molecule has 0 saturated heterocycles. The maximum Gasteiger partial charge on any atom is 0.200 e. The Morgan fingerprint density at radius 1 is 1.25 bits per heavy atom. The largest absolute Gasteiger partial charge is 0.502 e. The van der Waals surface area contributed by atoms with Crippen molar-refractivity contribution >= 4 is 0 Å². The fraction of sp³-hybridized carbons (Fsp3) is 0.500. The van der Waals surface area contributed by atoms with Gasteiger partial charge in [-0.1, -0.05) is 0 Å². The molecule has 16 heavy (non-hydrogen) atoms. The van der Waals surface area contributed by atoms with Crippen LogP contribution in [-0.2, 0) is 0 Å². The van der Waals surface area contributed by atoms with Crippen LogP contribution in [-0.4, -0.2) is 19.3 Å². The molecule has 0 amide bonds. The number of aromatic hydroxyl groups is 1. The van der Waals surface area contributed by atoms with E-state index < -0.39 is 0 Å². The third kappa shape index (κ3) is 1.93. The maximum atomic E-state index is 9.76. The predicted molar refractivity (Wildman–Crippen MR) is 60.9 cm³/mol. The molecule has 1 aromatic rings. The van der Waals surface area contributed by atoms with Crippen LogP contribution in [0.25, 0.3) is 0 Å².